The number of aliphatic carboxylic acids is 1. The average Bonchev–Trinajstić information content (AvgIpc) is 3.26. The summed E-state index contributed by atoms with van der Waals surface area (Å²) in [6, 6.07) is 11.8. The number of rotatable bonds is 3. The van der Waals surface area contributed by atoms with Crippen molar-refractivity contribution in [2.75, 3.05) is 33.0 Å². The standard InChI is InChI=1S/C20H20N4O4.C2H4O2/c21-18(22)13-1-3-14(4-2-13)19(25)23-7-9-24(10-8-23)20(26)15-5-6-16-17(11-15)28-12-27-16;1-2(3)4/h1-6,11H,7-10,12H2,(H3,21,22);1H3,(H,3,4). The molecule has 10 nitrogen and oxygen atoms in total. The monoisotopic (exact) mass is 440 g/mol. The van der Waals surface area contributed by atoms with Gasteiger partial charge in [0, 0.05) is 49.8 Å². The fourth-order valence-corrected chi connectivity index (χ4v) is 3.30. The largest absolute Gasteiger partial charge is 0.481 e. The molecule has 4 rings (SSSR count). The van der Waals surface area contributed by atoms with Crippen molar-refractivity contribution in [1.29, 1.82) is 5.41 Å². The van der Waals surface area contributed by atoms with Gasteiger partial charge in [0.25, 0.3) is 17.8 Å². The number of fused-ring (bicyclic) bond motifs is 1. The lowest BCUT2D eigenvalue weighted by atomic mass is 10.1. The molecule has 0 bridgehead atoms. The normalized spacial score (nSPS) is 14.3. The maximum Gasteiger partial charge on any atom is 0.300 e. The Hall–Kier alpha value is -4.08. The lowest BCUT2D eigenvalue weighted by molar-refractivity contribution is -0.134. The third-order valence-electron chi connectivity index (χ3n) is 4.92. The van der Waals surface area contributed by atoms with Crippen molar-refractivity contribution in [2.24, 2.45) is 5.73 Å². The number of piperazine rings is 1. The highest BCUT2D eigenvalue weighted by atomic mass is 16.7. The number of nitrogens with one attached hydrogen (secondary N) is 1. The van der Waals surface area contributed by atoms with Crippen LogP contribution in [0.5, 0.6) is 11.5 Å². The summed E-state index contributed by atoms with van der Waals surface area (Å²) in [5, 5.41) is 14.8. The molecule has 0 radical (unpaired) electrons. The van der Waals surface area contributed by atoms with Gasteiger partial charge in [0.15, 0.2) is 11.5 Å². The van der Waals surface area contributed by atoms with E-state index in [1.807, 2.05) is 0 Å². The summed E-state index contributed by atoms with van der Waals surface area (Å²) >= 11 is 0. The van der Waals surface area contributed by atoms with E-state index in [9.17, 15) is 9.59 Å². The molecule has 168 valence electrons. The molecule has 2 aliphatic heterocycles. The second-order valence-corrected chi connectivity index (χ2v) is 7.16. The second kappa shape index (κ2) is 9.82. The molecule has 2 aliphatic rings. The van der Waals surface area contributed by atoms with Crippen LogP contribution >= 0.6 is 0 Å². The number of hydrogen-bond acceptors (Lipinski definition) is 6. The third kappa shape index (κ3) is 5.34. The van der Waals surface area contributed by atoms with E-state index in [1.54, 1.807) is 52.3 Å². The number of amides is 2. The Kier molecular flexibility index (Phi) is 6.93. The topological polar surface area (TPSA) is 146 Å². The molecule has 0 spiro atoms. The molecule has 0 aromatic heterocycles. The number of carboxylic acids is 1. The minimum absolute atomic E-state index is 0.0327. The maximum atomic E-state index is 12.7. The van der Waals surface area contributed by atoms with Crippen LogP contribution in [0.2, 0.25) is 0 Å². The van der Waals surface area contributed by atoms with E-state index in [2.05, 4.69) is 0 Å². The molecule has 1 saturated heterocycles. The van der Waals surface area contributed by atoms with Crippen molar-refractivity contribution in [1.82, 2.24) is 9.80 Å². The van der Waals surface area contributed by atoms with E-state index in [4.69, 9.17) is 30.5 Å². The van der Waals surface area contributed by atoms with Crippen molar-refractivity contribution in [2.45, 2.75) is 6.92 Å². The molecule has 0 aliphatic carbocycles. The first-order chi connectivity index (χ1) is 15.3. The zero-order chi connectivity index (χ0) is 23.3. The zero-order valence-corrected chi connectivity index (χ0v) is 17.5. The zero-order valence-electron chi connectivity index (χ0n) is 17.5. The third-order valence-corrected chi connectivity index (χ3v) is 4.92. The summed E-state index contributed by atoms with van der Waals surface area (Å²) in [6.45, 7) is 3.10. The van der Waals surface area contributed by atoms with Gasteiger partial charge in [0.2, 0.25) is 6.79 Å². The number of hydrogen-bond donors (Lipinski definition) is 3. The Morgan fingerprint density at radius 3 is 1.81 bits per heavy atom. The Labute approximate surface area is 184 Å². The van der Waals surface area contributed by atoms with Crippen LogP contribution in [-0.2, 0) is 4.79 Å². The number of amidine groups is 1. The van der Waals surface area contributed by atoms with E-state index in [-0.39, 0.29) is 24.4 Å². The molecule has 10 heteroatoms. The molecule has 32 heavy (non-hydrogen) atoms. The van der Waals surface area contributed by atoms with Gasteiger partial charge in [-0.1, -0.05) is 12.1 Å². The smallest absolute Gasteiger partial charge is 0.300 e. The van der Waals surface area contributed by atoms with Crippen molar-refractivity contribution < 1.29 is 29.0 Å². The Morgan fingerprint density at radius 2 is 1.28 bits per heavy atom. The van der Waals surface area contributed by atoms with E-state index in [0.717, 1.165) is 6.92 Å². The van der Waals surface area contributed by atoms with Crippen LogP contribution in [0.15, 0.2) is 42.5 Å². The molecular formula is C22H24N4O6. The van der Waals surface area contributed by atoms with Gasteiger partial charge in [-0.2, -0.15) is 0 Å². The molecule has 2 aromatic carbocycles. The van der Waals surface area contributed by atoms with E-state index >= 15 is 0 Å². The second-order valence-electron chi connectivity index (χ2n) is 7.16. The van der Waals surface area contributed by atoms with Crippen LogP contribution in [0.3, 0.4) is 0 Å². The Bertz CT molecular complexity index is 1030. The lowest BCUT2D eigenvalue weighted by Crippen LogP contribution is -2.50. The van der Waals surface area contributed by atoms with Gasteiger partial charge >= 0.3 is 0 Å². The number of benzene rings is 2. The van der Waals surface area contributed by atoms with Crippen molar-refractivity contribution in [3.8, 4) is 11.5 Å². The minimum atomic E-state index is -0.833. The number of ether oxygens (including phenoxy) is 2. The van der Waals surface area contributed by atoms with Crippen molar-refractivity contribution in [3.05, 3.63) is 59.2 Å². The molecule has 0 atom stereocenters. The van der Waals surface area contributed by atoms with Crippen LogP contribution in [0, 0.1) is 5.41 Å². The Morgan fingerprint density at radius 1 is 0.844 bits per heavy atom. The highest BCUT2D eigenvalue weighted by Crippen LogP contribution is 2.32. The summed E-state index contributed by atoms with van der Waals surface area (Å²) in [4.78, 5) is 37.9. The van der Waals surface area contributed by atoms with Gasteiger partial charge in [0.1, 0.15) is 5.84 Å². The van der Waals surface area contributed by atoms with Crippen LogP contribution in [0.25, 0.3) is 0 Å². The molecule has 0 saturated carbocycles. The first-order valence-electron chi connectivity index (χ1n) is 9.88. The van der Waals surface area contributed by atoms with Gasteiger partial charge in [-0.3, -0.25) is 19.8 Å². The summed E-state index contributed by atoms with van der Waals surface area (Å²) in [6.07, 6.45) is 0. The Balaban J connectivity index is 0.000000668. The highest BCUT2D eigenvalue weighted by Gasteiger charge is 2.26. The van der Waals surface area contributed by atoms with Crippen LogP contribution < -0.4 is 15.2 Å². The minimum Gasteiger partial charge on any atom is -0.481 e. The molecule has 4 N–H and O–H groups in total. The SMILES string of the molecule is CC(=O)O.N=C(N)c1ccc(C(=O)N2CCN(C(=O)c3ccc4c(c3)OCO4)CC2)cc1. The van der Waals surface area contributed by atoms with Gasteiger partial charge in [-0.25, -0.2) is 0 Å². The molecule has 2 heterocycles. The first kappa shape index (κ1) is 22.6. The molecule has 1 fully saturated rings. The van der Waals surface area contributed by atoms with Crippen LogP contribution in [0.4, 0.5) is 0 Å². The number of carboxylic acid groups (broad SMARTS) is 1. The van der Waals surface area contributed by atoms with E-state index in [0.29, 0.717) is 54.4 Å². The molecule has 0 unspecified atom stereocenters. The van der Waals surface area contributed by atoms with E-state index in [1.165, 1.54) is 0 Å². The van der Waals surface area contributed by atoms with Crippen LogP contribution in [0.1, 0.15) is 33.2 Å². The highest BCUT2D eigenvalue weighted by molar-refractivity contribution is 5.98. The predicted molar refractivity (Wildman–Crippen MR) is 115 cm³/mol. The maximum absolute atomic E-state index is 12.7. The lowest BCUT2D eigenvalue weighted by Gasteiger charge is -2.35. The number of carbonyl (C=O) groups excluding carboxylic acids is 2. The molecule has 2 amide bonds. The predicted octanol–water partition coefficient (Wildman–Crippen LogP) is 1.39. The van der Waals surface area contributed by atoms with Gasteiger partial charge < -0.3 is 30.1 Å². The summed E-state index contributed by atoms with van der Waals surface area (Å²) < 4.78 is 10.6. The number of nitrogens with zero attached hydrogens (tertiary/aromatic N) is 2. The first-order valence-corrected chi connectivity index (χ1v) is 9.88. The van der Waals surface area contributed by atoms with Crippen molar-refractivity contribution >= 4 is 23.6 Å². The van der Waals surface area contributed by atoms with Crippen LogP contribution in [-0.4, -0.2) is 71.5 Å². The van der Waals surface area contributed by atoms with Gasteiger partial charge in [0.05, 0.1) is 0 Å². The fourth-order valence-electron chi connectivity index (χ4n) is 3.30. The van der Waals surface area contributed by atoms with Gasteiger partial charge in [-0.05, 0) is 30.3 Å². The van der Waals surface area contributed by atoms with Gasteiger partial charge in [-0.15, -0.1) is 0 Å². The molecular weight excluding hydrogens is 416 g/mol. The van der Waals surface area contributed by atoms with E-state index < -0.39 is 5.97 Å². The number of nitrogen functional groups attached to an aromatic ring is 1. The quantitative estimate of drug-likeness (QED) is 0.483. The van der Waals surface area contributed by atoms with Crippen molar-refractivity contribution in [3.63, 3.8) is 0 Å². The summed E-state index contributed by atoms with van der Waals surface area (Å²) in [5.41, 5.74) is 7.11. The molecule has 2 aromatic rings. The summed E-state index contributed by atoms with van der Waals surface area (Å²) in [7, 11) is 0. The number of nitrogens with two attached hydrogens (primary N) is 1. The summed E-state index contributed by atoms with van der Waals surface area (Å²) in [5.74, 6) is 0.174. The average molecular weight is 440 g/mol. The number of carbonyl (C=O) groups is 3. The fraction of sp³-hybridized carbons (Fsp3) is 0.273.